The smallest absolute Gasteiger partial charge is 0.351 e. The van der Waals surface area contributed by atoms with E-state index in [0.29, 0.717) is 23.8 Å². The van der Waals surface area contributed by atoms with Gasteiger partial charge in [-0.15, -0.1) is 11.3 Å². The van der Waals surface area contributed by atoms with Crippen LogP contribution in [0, 0.1) is 0 Å². The highest BCUT2D eigenvalue weighted by atomic mass is 32.2. The average Bonchev–Trinajstić information content (AvgIpc) is 3.43. The molecule has 1 N–H and O–H groups in total. The van der Waals surface area contributed by atoms with E-state index in [4.69, 9.17) is 0 Å². The molecule has 1 aliphatic heterocycles. The summed E-state index contributed by atoms with van der Waals surface area (Å²) in [6.45, 7) is 0.536. The first-order valence-electron chi connectivity index (χ1n) is 11.5. The molecule has 10 nitrogen and oxygen atoms in total. The van der Waals surface area contributed by atoms with E-state index >= 15 is 0 Å². The third-order valence-electron chi connectivity index (χ3n) is 6.39. The van der Waals surface area contributed by atoms with E-state index in [1.807, 2.05) is 17.5 Å². The minimum atomic E-state index is -3.56. The lowest BCUT2D eigenvalue weighted by Gasteiger charge is -2.32. The van der Waals surface area contributed by atoms with Gasteiger partial charge in [-0.2, -0.15) is 22.1 Å². The Hall–Kier alpha value is -2.02. The second-order valence-corrected chi connectivity index (χ2v) is 12.0. The SMILES string of the molecule is CN(C)S(=O)(=O)N1CCCC(c2nn(CC(=O)NC3CCCCC3)c(=O)n2-c2cccs2)C1. The van der Waals surface area contributed by atoms with Gasteiger partial charge in [-0.3, -0.25) is 4.79 Å². The number of carbonyl (C=O) groups excluding carboxylic acids is 1. The van der Waals surface area contributed by atoms with E-state index in [1.165, 1.54) is 49.7 Å². The maximum Gasteiger partial charge on any atom is 0.351 e. The fourth-order valence-electron chi connectivity index (χ4n) is 4.65. The largest absolute Gasteiger partial charge is 0.352 e. The second kappa shape index (κ2) is 10.1. The molecule has 1 atom stereocenters. The zero-order chi connectivity index (χ0) is 23.6. The summed E-state index contributed by atoms with van der Waals surface area (Å²) < 4.78 is 30.8. The zero-order valence-electron chi connectivity index (χ0n) is 19.1. The first-order valence-corrected chi connectivity index (χ1v) is 13.8. The summed E-state index contributed by atoms with van der Waals surface area (Å²) in [7, 11) is -0.535. The Morgan fingerprint density at radius 1 is 1.21 bits per heavy atom. The Balaban J connectivity index is 1.61. The minimum absolute atomic E-state index is 0.146. The van der Waals surface area contributed by atoms with E-state index < -0.39 is 10.2 Å². The molecule has 0 aromatic carbocycles. The van der Waals surface area contributed by atoms with Crippen LogP contribution in [0.5, 0.6) is 0 Å². The van der Waals surface area contributed by atoms with Gasteiger partial charge in [0.2, 0.25) is 5.91 Å². The molecule has 1 saturated heterocycles. The lowest BCUT2D eigenvalue weighted by Crippen LogP contribution is -2.45. The minimum Gasteiger partial charge on any atom is -0.352 e. The zero-order valence-corrected chi connectivity index (χ0v) is 20.8. The molecule has 12 heteroatoms. The first kappa shape index (κ1) is 24.1. The molecule has 1 unspecified atom stereocenters. The van der Waals surface area contributed by atoms with Crippen molar-refractivity contribution in [2.75, 3.05) is 27.2 Å². The van der Waals surface area contributed by atoms with Crippen molar-refractivity contribution < 1.29 is 13.2 Å². The van der Waals surface area contributed by atoms with Crippen LogP contribution in [0.4, 0.5) is 0 Å². The molecule has 4 rings (SSSR count). The van der Waals surface area contributed by atoms with Gasteiger partial charge in [0.05, 0.1) is 0 Å². The summed E-state index contributed by atoms with van der Waals surface area (Å²) in [5.41, 5.74) is -0.376. The third kappa shape index (κ3) is 5.23. The van der Waals surface area contributed by atoms with Crippen LogP contribution in [-0.4, -0.2) is 70.5 Å². The fraction of sp³-hybridized carbons (Fsp3) is 0.667. The highest BCUT2D eigenvalue weighted by Crippen LogP contribution is 2.29. The van der Waals surface area contributed by atoms with Crippen LogP contribution in [0.3, 0.4) is 0 Å². The molecule has 1 saturated carbocycles. The van der Waals surface area contributed by atoms with Crippen LogP contribution in [0.2, 0.25) is 0 Å². The van der Waals surface area contributed by atoms with Crippen molar-refractivity contribution in [3.05, 3.63) is 33.8 Å². The molecule has 2 aromatic heterocycles. The predicted molar refractivity (Wildman–Crippen MR) is 127 cm³/mol. The molecule has 182 valence electrons. The molecule has 0 spiro atoms. The Labute approximate surface area is 198 Å². The van der Waals surface area contributed by atoms with Gasteiger partial charge < -0.3 is 5.32 Å². The molecule has 1 amide bonds. The van der Waals surface area contributed by atoms with Gasteiger partial charge in [-0.1, -0.05) is 19.3 Å². The van der Waals surface area contributed by atoms with E-state index in [1.54, 1.807) is 0 Å². The van der Waals surface area contributed by atoms with Gasteiger partial charge in [-0.05, 0) is 43.2 Å². The van der Waals surface area contributed by atoms with Gasteiger partial charge in [0.1, 0.15) is 17.4 Å². The molecular weight excluding hydrogens is 464 g/mol. The summed E-state index contributed by atoms with van der Waals surface area (Å²) in [4.78, 5) is 26.0. The third-order valence-corrected chi connectivity index (χ3v) is 9.15. The van der Waals surface area contributed by atoms with Crippen molar-refractivity contribution in [3.63, 3.8) is 0 Å². The van der Waals surface area contributed by atoms with Crippen LogP contribution in [0.15, 0.2) is 22.3 Å². The van der Waals surface area contributed by atoms with Gasteiger partial charge in [-0.25, -0.2) is 14.0 Å². The standard InChI is InChI=1S/C21H32N6O4S2/c1-24(2)33(30,31)25-12-6-8-16(14-25)20-23-26(21(29)27(20)19-11-7-13-32-19)15-18(28)22-17-9-4-3-5-10-17/h7,11,13,16-17H,3-6,8-10,12,14-15H2,1-2H3,(H,22,28). The molecule has 33 heavy (non-hydrogen) atoms. The van der Waals surface area contributed by atoms with Crippen LogP contribution >= 0.6 is 11.3 Å². The number of hydrogen-bond donors (Lipinski definition) is 1. The number of rotatable bonds is 7. The molecular formula is C21H32N6O4S2. The number of piperidine rings is 1. The number of nitrogens with zero attached hydrogens (tertiary/aromatic N) is 5. The predicted octanol–water partition coefficient (Wildman–Crippen LogP) is 1.53. The van der Waals surface area contributed by atoms with Crippen molar-refractivity contribution in [3.8, 4) is 5.00 Å². The van der Waals surface area contributed by atoms with Crippen LogP contribution in [0.1, 0.15) is 56.7 Å². The Morgan fingerprint density at radius 2 is 1.97 bits per heavy atom. The Kier molecular flexibility index (Phi) is 7.37. The summed E-state index contributed by atoms with van der Waals surface area (Å²) in [5, 5.41) is 10.2. The van der Waals surface area contributed by atoms with Crippen molar-refractivity contribution in [2.24, 2.45) is 0 Å². The van der Waals surface area contributed by atoms with Crippen LogP contribution in [0.25, 0.3) is 5.00 Å². The number of nitrogens with one attached hydrogen (secondary N) is 1. The van der Waals surface area contributed by atoms with Gasteiger partial charge >= 0.3 is 5.69 Å². The number of carbonyl (C=O) groups is 1. The second-order valence-electron chi connectivity index (χ2n) is 8.97. The number of amides is 1. The van der Waals surface area contributed by atoms with E-state index in [2.05, 4.69) is 10.4 Å². The molecule has 2 aromatic rings. The van der Waals surface area contributed by atoms with Crippen LogP contribution in [-0.2, 0) is 21.5 Å². The lowest BCUT2D eigenvalue weighted by atomic mass is 9.95. The maximum atomic E-state index is 13.3. The number of hydrogen-bond acceptors (Lipinski definition) is 6. The van der Waals surface area contributed by atoms with Gasteiger partial charge in [0, 0.05) is 39.1 Å². The first-order chi connectivity index (χ1) is 15.8. The quantitative estimate of drug-likeness (QED) is 0.625. The summed E-state index contributed by atoms with van der Waals surface area (Å²) >= 11 is 1.41. The van der Waals surface area contributed by atoms with E-state index in [9.17, 15) is 18.0 Å². The molecule has 1 aliphatic carbocycles. The molecule has 3 heterocycles. The number of aromatic nitrogens is 3. The normalized spacial score (nSPS) is 20.9. The summed E-state index contributed by atoms with van der Waals surface area (Å²) in [6, 6.07) is 3.84. The highest BCUT2D eigenvalue weighted by Gasteiger charge is 2.34. The lowest BCUT2D eigenvalue weighted by molar-refractivity contribution is -0.122. The molecule has 2 fully saturated rings. The maximum absolute atomic E-state index is 13.3. The van der Waals surface area contributed by atoms with E-state index in [0.717, 1.165) is 32.1 Å². The van der Waals surface area contributed by atoms with Crippen LogP contribution < -0.4 is 11.0 Å². The fourth-order valence-corrected chi connectivity index (χ4v) is 6.57. The molecule has 2 aliphatic rings. The Bertz CT molecular complexity index is 1120. The van der Waals surface area contributed by atoms with Crippen molar-refractivity contribution in [1.29, 1.82) is 0 Å². The monoisotopic (exact) mass is 496 g/mol. The highest BCUT2D eigenvalue weighted by molar-refractivity contribution is 7.86. The van der Waals surface area contributed by atoms with Crippen molar-refractivity contribution in [2.45, 2.75) is 63.5 Å². The molecule has 0 radical (unpaired) electrons. The summed E-state index contributed by atoms with van der Waals surface area (Å²) in [5.74, 6) is 0.0457. The topological polar surface area (TPSA) is 110 Å². The molecule has 0 bridgehead atoms. The van der Waals surface area contributed by atoms with E-state index in [-0.39, 0.29) is 36.6 Å². The Morgan fingerprint density at radius 3 is 2.64 bits per heavy atom. The van der Waals surface area contributed by atoms with Crippen molar-refractivity contribution in [1.82, 2.24) is 28.3 Å². The number of thiophene rings is 1. The van der Waals surface area contributed by atoms with Gasteiger partial charge in [0.15, 0.2) is 0 Å². The average molecular weight is 497 g/mol. The van der Waals surface area contributed by atoms with Gasteiger partial charge in [0.25, 0.3) is 10.2 Å². The van der Waals surface area contributed by atoms with Crippen molar-refractivity contribution >= 4 is 27.5 Å². The summed E-state index contributed by atoms with van der Waals surface area (Å²) in [6.07, 6.45) is 6.73.